The van der Waals surface area contributed by atoms with E-state index in [2.05, 4.69) is 30.6 Å². The minimum absolute atomic E-state index is 0.0197. The van der Waals surface area contributed by atoms with E-state index in [4.69, 9.17) is 56.9 Å². The van der Waals surface area contributed by atoms with Crippen molar-refractivity contribution in [3.05, 3.63) is 137 Å². The summed E-state index contributed by atoms with van der Waals surface area (Å²) < 4.78 is 7.97. The molecule has 0 atom stereocenters. The van der Waals surface area contributed by atoms with Gasteiger partial charge in [-0.25, -0.2) is 19.0 Å². The Labute approximate surface area is 378 Å². The van der Waals surface area contributed by atoms with E-state index in [0.29, 0.717) is 39.3 Å². The lowest BCUT2D eigenvalue weighted by Crippen LogP contribution is -2.36. The summed E-state index contributed by atoms with van der Waals surface area (Å²) in [5.41, 5.74) is 3.48. The van der Waals surface area contributed by atoms with E-state index in [9.17, 15) is 28.8 Å². The number of imide groups is 1. The van der Waals surface area contributed by atoms with Crippen molar-refractivity contribution in [1.29, 1.82) is 10.5 Å². The fourth-order valence-electron chi connectivity index (χ4n) is 5.68. The maximum absolute atomic E-state index is 12.2. The fourth-order valence-corrected chi connectivity index (χ4v) is 6.91. The molecule has 328 valence electrons. The maximum atomic E-state index is 12.2. The van der Waals surface area contributed by atoms with E-state index in [0.717, 1.165) is 4.68 Å². The van der Waals surface area contributed by atoms with Gasteiger partial charge in [-0.3, -0.25) is 34.9 Å². The number of aromatic amines is 1. The summed E-state index contributed by atoms with van der Waals surface area (Å²) in [6.45, 7) is 9.31. The van der Waals surface area contributed by atoms with Gasteiger partial charge in [0, 0.05) is 58.2 Å². The molecule has 0 aliphatic heterocycles. The number of ether oxygens (including phenoxy) is 1. The Kier molecular flexibility index (Phi) is 16.7. The Morgan fingerprint density at radius 1 is 0.794 bits per heavy atom. The molecule has 2 aromatic carbocycles. The van der Waals surface area contributed by atoms with Gasteiger partial charge in [-0.2, -0.15) is 30.5 Å². The highest BCUT2D eigenvalue weighted by Gasteiger charge is 2.19. The number of nitrogens with one attached hydrogen (secondary N) is 3. The van der Waals surface area contributed by atoms with E-state index >= 15 is 0 Å². The number of carbonyl (C=O) groups excluding carboxylic acids is 2. The standard InChI is InChI=1S/C21H22Cl2N6O4.C19H16Cl2N6O3/c1-5-33-21(32)25-19(30)18(10-24)27-26-12-8-16(22)15(17(23)9-12)7-13-6-14(11(2)3)20(31)29(4)28-13;1-9(2)12-4-10(24-26(3)18(12)29)5-13-14(20)6-11(7-15(13)21)27-19(30)23-17(28)16(8-22)25-27/h6,8-9,11,26H,5,7H2,1-4H3,(H,25,30,32);4,6-7,9H,5H2,1-3H3,(H,23,28,30)/b27-18+;. The highest BCUT2D eigenvalue weighted by Crippen LogP contribution is 2.32. The molecule has 3 N–H and O–H groups in total. The normalized spacial score (nSPS) is 11.1. The number of benzene rings is 2. The third-order valence-electron chi connectivity index (χ3n) is 8.80. The SMILES string of the molecule is CC(C)c1cc(Cc2c(Cl)cc(-n3nc(C#N)c(=O)[nH]c3=O)cc2Cl)nn(C)c1=O.CCOC(=O)NC(=O)/C(C#N)=N/Nc1cc(Cl)c(Cc2cc(C(C)C)c(=O)n(C)n2)c(Cl)c1. The highest BCUT2D eigenvalue weighted by molar-refractivity contribution is 6.47. The Morgan fingerprint density at radius 3 is 1.70 bits per heavy atom. The van der Waals surface area contributed by atoms with Crippen LogP contribution in [0.3, 0.4) is 0 Å². The number of hydrazone groups is 1. The van der Waals surface area contributed by atoms with Gasteiger partial charge in [0.1, 0.15) is 12.1 Å². The van der Waals surface area contributed by atoms with Gasteiger partial charge in [-0.15, -0.1) is 5.10 Å². The smallest absolute Gasteiger partial charge is 0.414 e. The van der Waals surface area contributed by atoms with Crippen LogP contribution in [-0.4, -0.2) is 58.6 Å². The predicted octanol–water partition coefficient (Wildman–Crippen LogP) is 5.27. The van der Waals surface area contributed by atoms with Crippen LogP contribution in [0.1, 0.15) is 85.8 Å². The van der Waals surface area contributed by atoms with Crippen molar-refractivity contribution in [3.8, 4) is 17.8 Å². The minimum Gasteiger partial charge on any atom is -0.450 e. The van der Waals surface area contributed by atoms with Crippen molar-refractivity contribution in [2.75, 3.05) is 12.0 Å². The van der Waals surface area contributed by atoms with Crippen molar-refractivity contribution in [1.82, 2.24) is 39.6 Å². The number of hydrogen-bond donors (Lipinski definition) is 3. The number of amides is 2. The van der Waals surface area contributed by atoms with Crippen molar-refractivity contribution in [3.63, 3.8) is 0 Å². The largest absolute Gasteiger partial charge is 0.450 e. The lowest BCUT2D eigenvalue weighted by molar-refractivity contribution is -0.114. The van der Waals surface area contributed by atoms with E-state index in [1.807, 2.05) is 38.0 Å². The number of aryl methyl sites for hydroxylation is 2. The fraction of sp³-hybridized carbons (Fsp3) is 0.300. The molecule has 0 fully saturated rings. The summed E-state index contributed by atoms with van der Waals surface area (Å²) in [6.07, 6.45) is -0.461. The number of aromatic nitrogens is 7. The van der Waals surface area contributed by atoms with Gasteiger partial charge in [0.2, 0.25) is 11.4 Å². The van der Waals surface area contributed by atoms with Gasteiger partial charge in [0.15, 0.2) is 0 Å². The summed E-state index contributed by atoms with van der Waals surface area (Å²) in [7, 11) is 3.15. The molecule has 0 aliphatic rings. The van der Waals surface area contributed by atoms with Crippen molar-refractivity contribution < 1.29 is 14.3 Å². The first kappa shape index (κ1) is 49.0. The molecular weight excluding hydrogens is 902 g/mol. The Balaban J connectivity index is 0.000000278. The molecule has 0 aliphatic carbocycles. The third-order valence-corrected chi connectivity index (χ3v) is 10.1. The van der Waals surface area contributed by atoms with Gasteiger partial charge in [-0.1, -0.05) is 74.1 Å². The average molecular weight is 941 g/mol. The number of nitrogens with zero attached hydrogens (tertiary/aromatic N) is 9. The van der Waals surface area contributed by atoms with E-state index in [1.165, 1.54) is 33.6 Å². The molecule has 0 spiro atoms. The van der Waals surface area contributed by atoms with Gasteiger partial charge < -0.3 is 4.74 Å². The Hall–Kier alpha value is -6.64. The van der Waals surface area contributed by atoms with Gasteiger partial charge >= 0.3 is 11.8 Å². The Bertz CT molecular complexity index is 2920. The second kappa shape index (κ2) is 21.4. The van der Waals surface area contributed by atoms with Crippen LogP contribution in [0.5, 0.6) is 0 Å². The van der Waals surface area contributed by atoms with Crippen LogP contribution in [0.15, 0.2) is 60.7 Å². The van der Waals surface area contributed by atoms with Crippen LogP contribution < -0.4 is 33.1 Å². The number of alkyl carbamates (subject to hydrolysis) is 1. The van der Waals surface area contributed by atoms with E-state index < -0.39 is 34.7 Å². The van der Waals surface area contributed by atoms with Crippen molar-refractivity contribution >= 4 is 69.8 Å². The first-order chi connectivity index (χ1) is 29.7. The zero-order valence-electron chi connectivity index (χ0n) is 34.6. The first-order valence-corrected chi connectivity index (χ1v) is 20.2. The van der Waals surface area contributed by atoms with Gasteiger partial charge in [0.05, 0.1) is 29.4 Å². The molecule has 0 unspecified atom stereocenters. The number of hydrogen-bond acceptors (Lipinski definition) is 14. The molecule has 0 saturated heterocycles. The lowest BCUT2D eigenvalue weighted by Gasteiger charge is -2.13. The molecule has 0 radical (unpaired) electrons. The monoisotopic (exact) mass is 938 g/mol. The van der Waals surface area contributed by atoms with Crippen LogP contribution in [0.2, 0.25) is 20.1 Å². The van der Waals surface area contributed by atoms with Crippen LogP contribution in [0.4, 0.5) is 10.5 Å². The molecule has 0 saturated carbocycles. The number of carbonyl (C=O) groups is 2. The van der Waals surface area contributed by atoms with E-state index in [1.54, 1.807) is 45.3 Å². The molecule has 19 nitrogen and oxygen atoms in total. The number of halogens is 4. The molecule has 2 amide bonds. The zero-order chi connectivity index (χ0) is 46.9. The summed E-state index contributed by atoms with van der Waals surface area (Å²) in [5, 5.41) is 37.0. The topological polar surface area (TPSA) is 265 Å². The van der Waals surface area contributed by atoms with Crippen LogP contribution in [0.25, 0.3) is 5.69 Å². The molecule has 63 heavy (non-hydrogen) atoms. The average Bonchev–Trinajstić information content (AvgIpc) is 3.20. The molecule has 0 bridgehead atoms. The maximum Gasteiger partial charge on any atom is 0.414 e. The second-order valence-electron chi connectivity index (χ2n) is 14.0. The molecule has 3 aromatic heterocycles. The molecule has 3 heterocycles. The molecule has 5 rings (SSSR count). The van der Waals surface area contributed by atoms with Crippen LogP contribution >= 0.6 is 46.4 Å². The summed E-state index contributed by atoms with van der Waals surface area (Å²) in [4.78, 5) is 73.3. The second-order valence-corrected chi connectivity index (χ2v) is 15.6. The lowest BCUT2D eigenvalue weighted by atomic mass is 10.0. The minimum atomic E-state index is -1.03. The zero-order valence-corrected chi connectivity index (χ0v) is 37.7. The third kappa shape index (κ3) is 12.3. The number of rotatable bonds is 11. The summed E-state index contributed by atoms with van der Waals surface area (Å²) in [6, 6.07) is 12.6. The number of nitriles is 2. The number of H-pyrrole nitrogens is 1. The summed E-state index contributed by atoms with van der Waals surface area (Å²) in [5.74, 6) is -0.985. The van der Waals surface area contributed by atoms with Crippen molar-refractivity contribution in [2.45, 2.75) is 59.3 Å². The predicted molar refractivity (Wildman–Crippen MR) is 236 cm³/mol. The highest BCUT2D eigenvalue weighted by atomic mass is 35.5. The van der Waals surface area contributed by atoms with Gasteiger partial charge in [0.25, 0.3) is 22.6 Å². The molecule has 23 heteroatoms. The molecule has 5 aromatic rings. The Morgan fingerprint density at radius 2 is 1.27 bits per heavy atom. The van der Waals surface area contributed by atoms with E-state index in [-0.39, 0.29) is 68.2 Å². The van der Waals surface area contributed by atoms with Gasteiger partial charge in [-0.05, 0) is 66.3 Å². The quantitative estimate of drug-likeness (QED) is 0.113. The molecular formula is C40H38Cl4N12O7. The summed E-state index contributed by atoms with van der Waals surface area (Å²) >= 11 is 25.6. The number of anilines is 1. The van der Waals surface area contributed by atoms with Crippen LogP contribution in [0, 0.1) is 22.7 Å². The first-order valence-electron chi connectivity index (χ1n) is 18.6. The van der Waals surface area contributed by atoms with Crippen LogP contribution in [-0.2, 0) is 36.5 Å². The van der Waals surface area contributed by atoms with Crippen molar-refractivity contribution in [2.24, 2.45) is 19.2 Å².